The van der Waals surface area contributed by atoms with Crippen LogP contribution in [0.25, 0.3) is 11.3 Å². The molecule has 21 heavy (non-hydrogen) atoms. The highest BCUT2D eigenvalue weighted by atomic mass is 16.4. The van der Waals surface area contributed by atoms with Gasteiger partial charge in [0.2, 0.25) is 0 Å². The van der Waals surface area contributed by atoms with Crippen LogP contribution in [0.2, 0.25) is 0 Å². The van der Waals surface area contributed by atoms with Gasteiger partial charge in [0, 0.05) is 12.1 Å². The maximum Gasteiger partial charge on any atom is 0.326 e. The van der Waals surface area contributed by atoms with Crippen molar-refractivity contribution < 1.29 is 14.7 Å². The average molecular weight is 285 g/mol. The van der Waals surface area contributed by atoms with E-state index < -0.39 is 12.0 Å². The van der Waals surface area contributed by atoms with Crippen molar-refractivity contribution in [1.29, 1.82) is 0 Å². The minimum Gasteiger partial charge on any atom is -0.480 e. The fourth-order valence-corrected chi connectivity index (χ4v) is 2.69. The Morgan fingerprint density at radius 1 is 1.29 bits per heavy atom. The van der Waals surface area contributed by atoms with Crippen LogP contribution >= 0.6 is 0 Å². The van der Waals surface area contributed by atoms with E-state index in [1.54, 1.807) is 0 Å². The van der Waals surface area contributed by atoms with Crippen LogP contribution in [-0.4, -0.2) is 44.7 Å². The number of aliphatic carboxylic acids is 1. The number of rotatable bonds is 3. The molecular formula is C15H15N3O3. The molecule has 1 aliphatic rings. The van der Waals surface area contributed by atoms with Crippen molar-refractivity contribution in [3.05, 3.63) is 42.1 Å². The molecule has 0 radical (unpaired) electrons. The smallest absolute Gasteiger partial charge is 0.326 e. The predicted octanol–water partition coefficient (Wildman–Crippen LogP) is 1.77. The molecule has 1 aromatic carbocycles. The fourth-order valence-electron chi connectivity index (χ4n) is 2.69. The highest BCUT2D eigenvalue weighted by Gasteiger charge is 2.35. The van der Waals surface area contributed by atoms with Gasteiger partial charge in [-0.2, -0.15) is 5.10 Å². The van der Waals surface area contributed by atoms with Crippen molar-refractivity contribution in [3.8, 4) is 11.3 Å². The molecule has 2 heterocycles. The highest BCUT2D eigenvalue weighted by molar-refractivity contribution is 6.01. The summed E-state index contributed by atoms with van der Waals surface area (Å²) < 4.78 is 0. The van der Waals surface area contributed by atoms with Crippen LogP contribution in [-0.2, 0) is 4.79 Å². The first-order valence-electron chi connectivity index (χ1n) is 6.81. The average Bonchev–Trinajstić information content (AvgIpc) is 3.16. The van der Waals surface area contributed by atoms with Crippen molar-refractivity contribution in [2.24, 2.45) is 0 Å². The van der Waals surface area contributed by atoms with E-state index >= 15 is 0 Å². The minimum absolute atomic E-state index is 0.285. The van der Waals surface area contributed by atoms with E-state index in [2.05, 4.69) is 10.2 Å². The molecule has 108 valence electrons. The maximum absolute atomic E-state index is 12.6. The van der Waals surface area contributed by atoms with E-state index in [0.717, 1.165) is 5.56 Å². The Balaban J connectivity index is 1.93. The first-order valence-corrected chi connectivity index (χ1v) is 6.81. The van der Waals surface area contributed by atoms with Gasteiger partial charge in [-0.25, -0.2) is 4.79 Å². The van der Waals surface area contributed by atoms with Crippen molar-refractivity contribution in [2.45, 2.75) is 18.9 Å². The van der Waals surface area contributed by atoms with Gasteiger partial charge in [0.25, 0.3) is 5.91 Å². The van der Waals surface area contributed by atoms with E-state index in [0.29, 0.717) is 30.6 Å². The lowest BCUT2D eigenvalue weighted by molar-refractivity contribution is -0.141. The van der Waals surface area contributed by atoms with Gasteiger partial charge in [-0.05, 0) is 12.8 Å². The molecule has 1 aromatic heterocycles. The molecule has 0 spiro atoms. The number of hydrogen-bond acceptors (Lipinski definition) is 3. The molecule has 6 heteroatoms. The predicted molar refractivity (Wildman–Crippen MR) is 75.7 cm³/mol. The third-order valence-electron chi connectivity index (χ3n) is 3.73. The molecule has 0 saturated carbocycles. The molecule has 1 atom stereocenters. The summed E-state index contributed by atoms with van der Waals surface area (Å²) >= 11 is 0. The third kappa shape index (κ3) is 2.40. The number of amides is 1. The van der Waals surface area contributed by atoms with Crippen LogP contribution in [0.15, 0.2) is 36.5 Å². The van der Waals surface area contributed by atoms with Crippen LogP contribution in [0, 0.1) is 0 Å². The molecule has 1 aliphatic heterocycles. The van der Waals surface area contributed by atoms with Crippen LogP contribution < -0.4 is 0 Å². The number of nitrogens with zero attached hydrogens (tertiary/aromatic N) is 2. The molecule has 1 saturated heterocycles. The summed E-state index contributed by atoms with van der Waals surface area (Å²) in [5.74, 6) is -1.24. The van der Waals surface area contributed by atoms with Gasteiger partial charge in [-0.1, -0.05) is 30.3 Å². The summed E-state index contributed by atoms with van der Waals surface area (Å²) in [5.41, 5.74) is 1.88. The van der Waals surface area contributed by atoms with Gasteiger partial charge in [0.15, 0.2) is 0 Å². The molecule has 0 unspecified atom stereocenters. The van der Waals surface area contributed by atoms with E-state index in [9.17, 15) is 14.7 Å². The number of nitrogens with one attached hydrogen (secondary N) is 1. The van der Waals surface area contributed by atoms with Gasteiger partial charge >= 0.3 is 5.97 Å². The van der Waals surface area contributed by atoms with Crippen molar-refractivity contribution in [3.63, 3.8) is 0 Å². The lowest BCUT2D eigenvalue weighted by Crippen LogP contribution is -2.40. The molecule has 0 bridgehead atoms. The lowest BCUT2D eigenvalue weighted by atomic mass is 10.1. The van der Waals surface area contributed by atoms with Crippen LogP contribution in [0.5, 0.6) is 0 Å². The second-order valence-corrected chi connectivity index (χ2v) is 5.02. The zero-order chi connectivity index (χ0) is 14.8. The Morgan fingerprint density at radius 2 is 2.05 bits per heavy atom. The zero-order valence-electron chi connectivity index (χ0n) is 11.3. The Kier molecular flexibility index (Phi) is 3.43. The van der Waals surface area contributed by atoms with Crippen LogP contribution in [0.3, 0.4) is 0 Å². The summed E-state index contributed by atoms with van der Waals surface area (Å²) in [6.07, 6.45) is 2.67. The summed E-state index contributed by atoms with van der Waals surface area (Å²) in [7, 11) is 0. The van der Waals surface area contributed by atoms with Crippen molar-refractivity contribution in [1.82, 2.24) is 15.1 Å². The van der Waals surface area contributed by atoms with E-state index in [-0.39, 0.29) is 5.91 Å². The second-order valence-electron chi connectivity index (χ2n) is 5.02. The first kappa shape index (κ1) is 13.4. The minimum atomic E-state index is -0.953. The number of benzene rings is 1. The van der Waals surface area contributed by atoms with Crippen molar-refractivity contribution in [2.75, 3.05) is 6.54 Å². The largest absolute Gasteiger partial charge is 0.480 e. The number of H-pyrrole nitrogens is 1. The molecule has 2 N–H and O–H groups in total. The van der Waals surface area contributed by atoms with Crippen molar-refractivity contribution >= 4 is 11.9 Å². The molecule has 6 nitrogen and oxygen atoms in total. The Labute approximate surface area is 121 Å². The summed E-state index contributed by atoms with van der Waals surface area (Å²) in [6, 6.07) is 8.66. The maximum atomic E-state index is 12.6. The topological polar surface area (TPSA) is 86.3 Å². The van der Waals surface area contributed by atoms with Gasteiger partial charge in [-0.15, -0.1) is 0 Å². The van der Waals surface area contributed by atoms with Gasteiger partial charge in [0.1, 0.15) is 6.04 Å². The quantitative estimate of drug-likeness (QED) is 0.899. The molecule has 1 amide bonds. The Bertz CT molecular complexity index is 666. The van der Waals surface area contributed by atoms with E-state index in [1.807, 2.05) is 30.3 Å². The lowest BCUT2D eigenvalue weighted by Gasteiger charge is -2.21. The molecule has 2 aromatic rings. The second kappa shape index (κ2) is 5.40. The van der Waals surface area contributed by atoms with E-state index in [4.69, 9.17) is 0 Å². The first-order chi connectivity index (χ1) is 10.2. The number of hydrogen-bond donors (Lipinski definition) is 2. The highest BCUT2D eigenvalue weighted by Crippen LogP contribution is 2.25. The molecule has 1 fully saturated rings. The zero-order valence-corrected chi connectivity index (χ0v) is 11.3. The number of aromatic nitrogens is 2. The normalized spacial score (nSPS) is 17.9. The number of carboxylic acids is 1. The summed E-state index contributed by atoms with van der Waals surface area (Å²) in [6.45, 7) is 0.467. The monoisotopic (exact) mass is 285 g/mol. The number of carboxylic acid groups (broad SMARTS) is 1. The molecular weight excluding hydrogens is 270 g/mol. The number of aromatic amines is 1. The van der Waals surface area contributed by atoms with Gasteiger partial charge in [-0.3, -0.25) is 9.89 Å². The van der Waals surface area contributed by atoms with Gasteiger partial charge < -0.3 is 10.0 Å². The number of carbonyl (C=O) groups excluding carboxylic acids is 1. The van der Waals surface area contributed by atoms with E-state index in [1.165, 1.54) is 11.1 Å². The summed E-state index contributed by atoms with van der Waals surface area (Å²) in [5, 5.41) is 16.0. The Hall–Kier alpha value is -2.63. The standard InChI is InChI=1S/C15H15N3O3/c19-14(18-8-4-7-12(18)15(20)21)11-9-16-17-13(11)10-5-2-1-3-6-10/h1-3,5-6,9,12H,4,7-8H2,(H,16,17)(H,20,21)/t12-/m0/s1. The van der Waals surface area contributed by atoms with Crippen LogP contribution in [0.1, 0.15) is 23.2 Å². The molecule has 3 rings (SSSR count). The summed E-state index contributed by atoms with van der Waals surface area (Å²) in [4.78, 5) is 25.3. The Morgan fingerprint density at radius 3 is 2.76 bits per heavy atom. The van der Waals surface area contributed by atoms with Gasteiger partial charge in [0.05, 0.1) is 17.5 Å². The number of likely N-dealkylation sites (tertiary alicyclic amines) is 1. The van der Waals surface area contributed by atoms with Crippen LogP contribution in [0.4, 0.5) is 0 Å². The third-order valence-corrected chi connectivity index (χ3v) is 3.73. The molecule has 0 aliphatic carbocycles. The fraction of sp³-hybridized carbons (Fsp3) is 0.267. The SMILES string of the molecule is O=C(O)[C@@H]1CCCN1C(=O)c1cn[nH]c1-c1ccccc1. The number of carbonyl (C=O) groups is 2.